The molecule has 478 valence electrons. The molecule has 0 atom stereocenters. The van der Waals surface area contributed by atoms with E-state index in [0.717, 1.165) is 51.4 Å². The van der Waals surface area contributed by atoms with Gasteiger partial charge in [-0.15, -0.1) is 0 Å². The van der Waals surface area contributed by atoms with Crippen LogP contribution in [0.1, 0.15) is 387 Å². The van der Waals surface area contributed by atoms with Crippen molar-refractivity contribution in [3.63, 3.8) is 0 Å². The van der Waals surface area contributed by atoms with E-state index in [4.69, 9.17) is 0 Å². The number of carbonyl (C=O) groups is 4. The molecular weight excluding hydrogens is 1180 g/mol. The fraction of sp³-hybridized carbons (Fsp3) is 0.833. The van der Waals surface area contributed by atoms with Gasteiger partial charge in [0.1, 0.15) is 0 Å². The molecule has 9 heteroatoms. The maximum atomic E-state index is 10.2. The van der Waals surface area contributed by atoms with Crippen LogP contribution in [0.5, 0.6) is 0 Å². The van der Waals surface area contributed by atoms with Gasteiger partial charge in [-0.25, -0.2) is 0 Å². The molecule has 0 aromatic heterocycles. The predicted molar refractivity (Wildman–Crippen MR) is 338 cm³/mol. The fourth-order valence-corrected chi connectivity index (χ4v) is 9.36. The van der Waals surface area contributed by atoms with Gasteiger partial charge in [-0.1, -0.05) is 282 Å². The van der Waals surface area contributed by atoms with Crippen LogP contribution in [0.15, 0.2) is 48.6 Å². The molecule has 0 saturated carbocycles. The van der Waals surface area contributed by atoms with Gasteiger partial charge >= 0.3 is 0 Å². The van der Waals surface area contributed by atoms with Crippen LogP contribution in [0, 0.1) is 0 Å². The van der Waals surface area contributed by atoms with E-state index >= 15 is 0 Å². The van der Waals surface area contributed by atoms with Crippen LogP contribution in [0.25, 0.3) is 0 Å². The van der Waals surface area contributed by atoms with Crippen LogP contribution in [0.4, 0.5) is 0 Å². The Morgan fingerprint density at radius 3 is 0.432 bits per heavy atom. The summed E-state index contributed by atoms with van der Waals surface area (Å²) in [4.78, 5) is 40.9. The third-order valence-electron chi connectivity index (χ3n) is 14.6. The maximum absolute atomic E-state index is 10.2. The summed E-state index contributed by atoms with van der Waals surface area (Å²) < 4.78 is 0. The third kappa shape index (κ3) is 103. The van der Waals surface area contributed by atoms with E-state index < -0.39 is 23.9 Å². The molecule has 0 bridgehead atoms. The van der Waals surface area contributed by atoms with E-state index in [-0.39, 0.29) is 46.7 Å². The summed E-state index contributed by atoms with van der Waals surface area (Å²) in [5, 5.41) is 40.9. The van der Waals surface area contributed by atoms with Crippen LogP contribution in [-0.2, 0) is 40.2 Å². The monoisotopic (exact) mass is 1310 g/mol. The van der Waals surface area contributed by atoms with Crippen molar-refractivity contribution >= 4 is 23.9 Å². The molecule has 0 N–H and O–H groups in total. The van der Waals surface area contributed by atoms with Gasteiger partial charge in [0, 0.05) is 44.9 Å². The van der Waals surface area contributed by atoms with Crippen LogP contribution >= 0.6 is 0 Å². The van der Waals surface area contributed by atoms with Crippen molar-refractivity contribution in [3.8, 4) is 0 Å². The maximum Gasteiger partial charge on any atom is 0.0414 e. The van der Waals surface area contributed by atoms with Crippen molar-refractivity contribution in [3.05, 3.63) is 48.6 Å². The number of rotatable bonds is 60. The normalized spacial score (nSPS) is 11.1. The quantitative estimate of drug-likeness (QED) is 0.0430. The first-order valence-electron chi connectivity index (χ1n) is 34.5. The summed E-state index contributed by atoms with van der Waals surface area (Å²) in [6, 6.07) is 0. The fourth-order valence-electron chi connectivity index (χ4n) is 9.36. The van der Waals surface area contributed by atoms with E-state index in [2.05, 4.69) is 76.3 Å². The van der Waals surface area contributed by atoms with E-state index in [9.17, 15) is 39.6 Å². The first kappa shape index (κ1) is 87.3. The van der Waals surface area contributed by atoms with Crippen LogP contribution < -0.4 is 20.4 Å². The van der Waals surface area contributed by atoms with Crippen LogP contribution in [0.3, 0.4) is 0 Å². The molecule has 0 aliphatic rings. The van der Waals surface area contributed by atoms with Crippen molar-refractivity contribution in [1.82, 2.24) is 0 Å². The molecule has 0 aromatic carbocycles. The Hall–Kier alpha value is -2.47. The van der Waals surface area contributed by atoms with Gasteiger partial charge in [0.25, 0.3) is 0 Å². The molecule has 0 saturated heterocycles. The van der Waals surface area contributed by atoms with Crippen LogP contribution in [-0.4, -0.2) is 23.9 Å². The molecule has 0 spiro atoms. The van der Waals surface area contributed by atoms with Gasteiger partial charge in [-0.3, -0.25) is 0 Å². The molecule has 0 aromatic rings. The van der Waals surface area contributed by atoms with Crippen molar-refractivity contribution in [2.45, 2.75) is 387 Å². The van der Waals surface area contributed by atoms with Crippen molar-refractivity contribution in [2.24, 2.45) is 0 Å². The number of carbonyl (C=O) groups excluding carboxylic acids is 4. The van der Waals surface area contributed by atoms with Crippen molar-refractivity contribution in [2.75, 3.05) is 0 Å². The SMILES string of the molecule is CCCCCC/C=C\CCCCCCCCCC(=O)[O-].CCCCCC/C=C\CCCCCCCCCC(=O)[O-].CCCCCC/C=C\CCCCCCCCCC(=O)[O-].CCCCCC/C=C\CCCCCCCCCC(=O)[O-].[W]. The minimum absolute atomic E-state index is 0. The molecule has 0 radical (unpaired) electrons. The largest absolute Gasteiger partial charge is 0.550 e. The van der Waals surface area contributed by atoms with E-state index in [1.54, 1.807) is 0 Å². The standard InChI is InChI=1S/4C18H34O2.W/c4*1-2-3-4-5-6-7-8-9-10-11-12-13-14-15-16-17-18(19)20;/h4*7-8H,2-6,9-17H2,1H3,(H,19,20);/p-4/b4*8-7-;. The second-order valence-corrected chi connectivity index (χ2v) is 22.8. The third-order valence-corrected chi connectivity index (χ3v) is 14.6. The Kier molecular flexibility index (Phi) is 90.5. The summed E-state index contributed by atoms with van der Waals surface area (Å²) in [6.45, 7) is 9.00. The van der Waals surface area contributed by atoms with E-state index in [1.807, 2.05) is 0 Å². The molecule has 81 heavy (non-hydrogen) atoms. The number of carboxylic acid groups (broad SMARTS) is 4. The molecule has 0 aliphatic carbocycles. The average molecular weight is 1310 g/mol. The summed E-state index contributed by atoms with van der Waals surface area (Å²) in [5.74, 6) is -3.64. The minimum Gasteiger partial charge on any atom is -0.550 e. The zero-order valence-corrected chi connectivity index (χ0v) is 56.8. The van der Waals surface area contributed by atoms with E-state index in [0.29, 0.717) is 0 Å². The Morgan fingerprint density at radius 2 is 0.309 bits per heavy atom. The molecule has 0 heterocycles. The zero-order chi connectivity index (χ0) is 59.6. The first-order valence-corrected chi connectivity index (χ1v) is 34.5. The van der Waals surface area contributed by atoms with Gasteiger partial charge < -0.3 is 39.6 Å². The number of aliphatic carboxylic acids is 4. The molecule has 8 nitrogen and oxygen atoms in total. The minimum atomic E-state index is -0.911. The van der Waals surface area contributed by atoms with Crippen LogP contribution in [0.2, 0.25) is 0 Å². The zero-order valence-electron chi connectivity index (χ0n) is 53.9. The smallest absolute Gasteiger partial charge is 0.0414 e. The second kappa shape index (κ2) is 84.0. The topological polar surface area (TPSA) is 161 Å². The average Bonchev–Trinajstić information content (AvgIpc) is 3.43. The molecule has 0 aliphatic heterocycles. The second-order valence-electron chi connectivity index (χ2n) is 22.8. The Morgan fingerprint density at radius 1 is 0.198 bits per heavy atom. The number of unbranched alkanes of at least 4 members (excludes halogenated alkanes) is 44. The molecular formula is C72H132O8W-4. The summed E-state index contributed by atoms with van der Waals surface area (Å²) in [6.07, 6.45) is 83.6. The van der Waals surface area contributed by atoms with Gasteiger partial charge in [-0.2, -0.15) is 0 Å². The van der Waals surface area contributed by atoms with Gasteiger partial charge in [0.2, 0.25) is 0 Å². The molecule has 0 unspecified atom stereocenters. The van der Waals surface area contributed by atoms with Gasteiger partial charge in [-0.05, 0) is 154 Å². The van der Waals surface area contributed by atoms with Crippen molar-refractivity contribution in [1.29, 1.82) is 0 Å². The summed E-state index contributed by atoms with van der Waals surface area (Å²) in [5.41, 5.74) is 0. The Balaban J connectivity index is -0.000000316. The Bertz CT molecular complexity index is 1140. The molecule has 0 rings (SSSR count). The summed E-state index contributed by atoms with van der Waals surface area (Å²) >= 11 is 0. The number of hydrogen-bond donors (Lipinski definition) is 0. The van der Waals surface area contributed by atoms with Gasteiger partial charge in [0.05, 0.1) is 0 Å². The number of allylic oxidation sites excluding steroid dienone is 8. The molecule has 0 amide bonds. The number of carboxylic acids is 4. The Labute approximate surface area is 517 Å². The van der Waals surface area contributed by atoms with Crippen molar-refractivity contribution < 1.29 is 60.7 Å². The molecule has 0 fully saturated rings. The predicted octanol–water partition coefficient (Wildman–Crippen LogP) is 19.1. The summed E-state index contributed by atoms with van der Waals surface area (Å²) in [7, 11) is 0. The van der Waals surface area contributed by atoms with Gasteiger partial charge in [0.15, 0.2) is 0 Å². The first-order chi connectivity index (χ1) is 39.1. The van der Waals surface area contributed by atoms with E-state index in [1.165, 1.54) is 283 Å². The number of hydrogen-bond acceptors (Lipinski definition) is 8.